The Bertz CT molecular complexity index is 987. The van der Waals surface area contributed by atoms with Crippen molar-refractivity contribution in [1.82, 2.24) is 19.5 Å². The van der Waals surface area contributed by atoms with Gasteiger partial charge in [-0.2, -0.15) is 0 Å². The number of nitrogens with zero attached hydrogens (tertiary/aromatic N) is 2. The maximum absolute atomic E-state index is 12.3. The summed E-state index contributed by atoms with van der Waals surface area (Å²) in [5.41, 5.74) is -0.338. The van der Waals surface area contributed by atoms with E-state index in [1.807, 2.05) is 13.8 Å². The van der Waals surface area contributed by atoms with E-state index < -0.39 is 11.2 Å². The van der Waals surface area contributed by atoms with Gasteiger partial charge < -0.3 is 4.98 Å². The van der Waals surface area contributed by atoms with Gasteiger partial charge in [0.25, 0.3) is 5.56 Å². The number of H-pyrrole nitrogens is 2. The molecule has 6 nitrogen and oxygen atoms in total. The first-order chi connectivity index (χ1) is 11.9. The van der Waals surface area contributed by atoms with E-state index in [2.05, 4.69) is 15.0 Å². The lowest BCUT2D eigenvalue weighted by atomic mass is 9.86. The van der Waals surface area contributed by atoms with Gasteiger partial charge in [-0.15, -0.1) is 0 Å². The van der Waals surface area contributed by atoms with Crippen molar-refractivity contribution in [2.75, 3.05) is 0 Å². The molecule has 134 valence electrons. The first kappa shape index (κ1) is 16.7. The molecule has 0 amide bonds. The molecule has 2 fully saturated rings. The summed E-state index contributed by atoms with van der Waals surface area (Å²) in [7, 11) is 0. The molecule has 4 rings (SSSR count). The molecule has 0 spiro atoms. The summed E-state index contributed by atoms with van der Waals surface area (Å²) >= 11 is 5.39. The van der Waals surface area contributed by atoms with E-state index in [0.717, 1.165) is 24.1 Å². The predicted molar refractivity (Wildman–Crippen MR) is 99.3 cm³/mol. The molecule has 2 aliphatic rings. The zero-order valence-corrected chi connectivity index (χ0v) is 15.5. The third-order valence-electron chi connectivity index (χ3n) is 5.80. The molecule has 0 radical (unpaired) electrons. The van der Waals surface area contributed by atoms with Crippen molar-refractivity contribution in [1.29, 1.82) is 0 Å². The van der Waals surface area contributed by atoms with Crippen molar-refractivity contribution < 1.29 is 0 Å². The van der Waals surface area contributed by atoms with Crippen molar-refractivity contribution in [2.45, 2.75) is 52.5 Å². The Morgan fingerprint density at radius 1 is 1.24 bits per heavy atom. The largest absolute Gasteiger partial charge is 0.329 e. The van der Waals surface area contributed by atoms with Gasteiger partial charge in [0.05, 0.1) is 0 Å². The standard InChI is InChI=1S/C18H24N4O2S/c1-9(2)8-22-15-14(16(23)21-18(22)24)17(25)20-13(19-15)7-12-6-10-3-4-11(12)5-10/h9-12H,3-8H2,1-2H3,(H,19,20,25)(H,21,23,24)/t10-,11+,12+/m0/s1. The van der Waals surface area contributed by atoms with Crippen molar-refractivity contribution in [3.05, 3.63) is 31.3 Å². The molecule has 7 heteroatoms. The lowest BCUT2D eigenvalue weighted by Crippen LogP contribution is -2.32. The average molecular weight is 360 g/mol. The van der Waals surface area contributed by atoms with E-state index in [-0.39, 0.29) is 10.6 Å². The molecule has 2 N–H and O–H groups in total. The van der Waals surface area contributed by atoms with E-state index in [1.165, 1.54) is 25.7 Å². The van der Waals surface area contributed by atoms with Crippen LogP contribution in [0.1, 0.15) is 45.4 Å². The number of hydrogen-bond donors (Lipinski definition) is 2. The highest BCUT2D eigenvalue weighted by atomic mass is 32.1. The van der Waals surface area contributed by atoms with Crippen LogP contribution in [0.25, 0.3) is 11.0 Å². The molecule has 2 bridgehead atoms. The van der Waals surface area contributed by atoms with Gasteiger partial charge in [0, 0.05) is 13.0 Å². The van der Waals surface area contributed by atoms with Gasteiger partial charge in [-0.1, -0.05) is 32.5 Å². The molecular formula is C18H24N4O2S. The van der Waals surface area contributed by atoms with Gasteiger partial charge in [-0.3, -0.25) is 14.3 Å². The molecule has 0 saturated heterocycles. The topological polar surface area (TPSA) is 83.5 Å². The van der Waals surface area contributed by atoms with E-state index in [0.29, 0.717) is 23.5 Å². The quantitative estimate of drug-likeness (QED) is 0.821. The molecule has 2 aromatic rings. The number of rotatable bonds is 4. The second-order valence-corrected chi connectivity index (χ2v) is 8.50. The fourth-order valence-corrected chi connectivity index (χ4v) is 5.05. The highest BCUT2D eigenvalue weighted by molar-refractivity contribution is 7.71. The van der Waals surface area contributed by atoms with Crippen molar-refractivity contribution >= 4 is 23.3 Å². The van der Waals surface area contributed by atoms with Crippen molar-refractivity contribution in [3.8, 4) is 0 Å². The normalized spacial score (nSPS) is 25.3. The van der Waals surface area contributed by atoms with Crippen molar-refractivity contribution in [3.63, 3.8) is 0 Å². The molecular weight excluding hydrogens is 336 g/mol. The van der Waals surface area contributed by atoms with Gasteiger partial charge in [-0.25, -0.2) is 9.78 Å². The SMILES string of the molecule is CC(C)Cn1c(=O)[nH]c(=O)c2c(=S)nc(C[C@H]3C[C@H]4CC[C@@H]3C4)[nH]c21. The van der Waals surface area contributed by atoms with Crippen LogP contribution in [0.5, 0.6) is 0 Å². The summed E-state index contributed by atoms with van der Waals surface area (Å²) in [5.74, 6) is 3.39. The van der Waals surface area contributed by atoms with Crippen molar-refractivity contribution in [2.24, 2.45) is 23.7 Å². The molecule has 0 aliphatic heterocycles. The molecule has 3 atom stereocenters. The zero-order chi connectivity index (χ0) is 17.7. The monoisotopic (exact) mass is 360 g/mol. The summed E-state index contributed by atoms with van der Waals surface area (Å²) in [4.78, 5) is 34.6. The van der Waals surface area contributed by atoms with Crippen LogP contribution in [-0.2, 0) is 13.0 Å². The van der Waals surface area contributed by atoms with Gasteiger partial charge in [-0.05, 0) is 42.9 Å². The molecule has 25 heavy (non-hydrogen) atoms. The Kier molecular flexibility index (Phi) is 4.14. The van der Waals surface area contributed by atoms with Crippen LogP contribution in [0.4, 0.5) is 0 Å². The Balaban J connectivity index is 1.80. The third-order valence-corrected chi connectivity index (χ3v) is 6.10. The smallest absolute Gasteiger partial charge is 0.329 e. The Morgan fingerprint density at radius 2 is 2.04 bits per heavy atom. The first-order valence-corrected chi connectivity index (χ1v) is 9.59. The average Bonchev–Trinajstić information content (AvgIpc) is 3.13. The van der Waals surface area contributed by atoms with E-state index >= 15 is 0 Å². The minimum Gasteiger partial charge on any atom is -0.329 e. The summed E-state index contributed by atoms with van der Waals surface area (Å²) in [5, 5.41) is 0.312. The minimum atomic E-state index is -0.458. The van der Waals surface area contributed by atoms with Crippen LogP contribution < -0.4 is 11.2 Å². The molecule has 2 saturated carbocycles. The van der Waals surface area contributed by atoms with E-state index in [4.69, 9.17) is 12.2 Å². The second kappa shape index (κ2) is 6.20. The van der Waals surface area contributed by atoms with Gasteiger partial charge in [0.15, 0.2) is 0 Å². The van der Waals surface area contributed by atoms with Crippen LogP contribution in [0.2, 0.25) is 0 Å². The Hall–Kier alpha value is -1.76. The number of hydrogen-bond acceptors (Lipinski definition) is 4. The molecule has 2 heterocycles. The minimum absolute atomic E-state index is 0.274. The highest BCUT2D eigenvalue weighted by Crippen LogP contribution is 2.49. The Labute approximate surface area is 150 Å². The highest BCUT2D eigenvalue weighted by Gasteiger charge is 2.39. The number of fused-ring (bicyclic) bond motifs is 3. The first-order valence-electron chi connectivity index (χ1n) is 9.18. The summed E-state index contributed by atoms with van der Waals surface area (Å²) in [6.07, 6.45) is 6.15. The van der Waals surface area contributed by atoms with Gasteiger partial charge >= 0.3 is 5.69 Å². The van der Waals surface area contributed by atoms with E-state index in [9.17, 15) is 9.59 Å². The zero-order valence-electron chi connectivity index (χ0n) is 14.7. The maximum Gasteiger partial charge on any atom is 0.329 e. The molecule has 2 aliphatic carbocycles. The van der Waals surface area contributed by atoms with E-state index in [1.54, 1.807) is 4.57 Å². The number of aromatic amines is 2. The van der Waals surface area contributed by atoms with Crippen LogP contribution in [0, 0.1) is 28.3 Å². The summed E-state index contributed by atoms with van der Waals surface area (Å²) in [6.45, 7) is 4.60. The lowest BCUT2D eigenvalue weighted by molar-refractivity contribution is 0.326. The number of nitrogens with one attached hydrogen (secondary N) is 2. The molecule has 0 aromatic carbocycles. The maximum atomic E-state index is 12.3. The Morgan fingerprint density at radius 3 is 2.68 bits per heavy atom. The predicted octanol–water partition coefficient (Wildman–Crippen LogP) is 2.78. The summed E-state index contributed by atoms with van der Waals surface area (Å²) in [6, 6.07) is 0. The van der Waals surface area contributed by atoms with Gasteiger partial charge in [0.2, 0.25) is 0 Å². The lowest BCUT2D eigenvalue weighted by Gasteiger charge is -2.21. The van der Waals surface area contributed by atoms with Crippen LogP contribution in [0.15, 0.2) is 9.59 Å². The molecule has 0 unspecified atom stereocenters. The third kappa shape index (κ3) is 2.99. The van der Waals surface area contributed by atoms with Gasteiger partial charge in [0.1, 0.15) is 21.5 Å². The van der Waals surface area contributed by atoms with Crippen LogP contribution in [-0.4, -0.2) is 19.5 Å². The fourth-order valence-electron chi connectivity index (χ4n) is 4.75. The van der Waals surface area contributed by atoms with Crippen LogP contribution in [0.3, 0.4) is 0 Å². The second-order valence-electron chi connectivity index (χ2n) is 8.12. The van der Waals surface area contributed by atoms with Crippen LogP contribution >= 0.6 is 12.2 Å². The fraction of sp³-hybridized carbons (Fsp3) is 0.667. The number of aromatic nitrogens is 4. The molecule has 2 aromatic heterocycles. The summed E-state index contributed by atoms with van der Waals surface area (Å²) < 4.78 is 1.87.